The standard InChI is InChI=1S/C19H23N3O4S/c1-12-3-4-16(27-12)13-9-14-11-22(17(23)5-6-21-19(20)24)7-8-26-18(14)15(10-13)25-2/h3-4,9-10H,5-8,11H2,1-2H3,(H3,20,21,24). The fourth-order valence-corrected chi connectivity index (χ4v) is 3.89. The second-order valence-electron chi connectivity index (χ2n) is 6.28. The summed E-state index contributed by atoms with van der Waals surface area (Å²) in [6.07, 6.45) is 0.194. The van der Waals surface area contributed by atoms with E-state index in [-0.39, 0.29) is 18.9 Å². The van der Waals surface area contributed by atoms with Crippen molar-refractivity contribution in [2.45, 2.75) is 19.9 Å². The molecule has 0 saturated heterocycles. The van der Waals surface area contributed by atoms with Crippen LogP contribution in [0.15, 0.2) is 24.3 Å². The average Bonchev–Trinajstić information content (AvgIpc) is 2.95. The van der Waals surface area contributed by atoms with Gasteiger partial charge in [-0.2, -0.15) is 0 Å². The van der Waals surface area contributed by atoms with Crippen LogP contribution < -0.4 is 20.5 Å². The number of amides is 3. The van der Waals surface area contributed by atoms with Gasteiger partial charge in [0.2, 0.25) is 5.91 Å². The number of methoxy groups -OCH3 is 1. The summed E-state index contributed by atoms with van der Waals surface area (Å²) in [7, 11) is 1.62. The lowest BCUT2D eigenvalue weighted by Crippen LogP contribution is -2.36. The van der Waals surface area contributed by atoms with E-state index >= 15 is 0 Å². The van der Waals surface area contributed by atoms with Crippen LogP contribution in [0.5, 0.6) is 11.5 Å². The molecule has 27 heavy (non-hydrogen) atoms. The van der Waals surface area contributed by atoms with Gasteiger partial charge in [0.25, 0.3) is 0 Å². The van der Waals surface area contributed by atoms with Gasteiger partial charge in [0.1, 0.15) is 6.61 Å². The van der Waals surface area contributed by atoms with Crippen LogP contribution in [-0.2, 0) is 11.3 Å². The molecular weight excluding hydrogens is 366 g/mol. The van der Waals surface area contributed by atoms with Crippen molar-refractivity contribution < 1.29 is 19.1 Å². The number of carbonyl (C=O) groups excluding carboxylic acids is 2. The number of nitrogens with zero attached hydrogens (tertiary/aromatic N) is 1. The Labute approximate surface area is 162 Å². The number of primary amides is 1. The Morgan fingerprint density at radius 1 is 1.37 bits per heavy atom. The van der Waals surface area contributed by atoms with Gasteiger partial charge in [0.05, 0.1) is 13.7 Å². The molecular formula is C19H23N3O4S. The second kappa shape index (κ2) is 8.30. The Balaban J connectivity index is 1.84. The Kier molecular flexibility index (Phi) is 5.85. The summed E-state index contributed by atoms with van der Waals surface area (Å²) in [6, 6.07) is 7.55. The smallest absolute Gasteiger partial charge is 0.312 e. The largest absolute Gasteiger partial charge is 0.493 e. The zero-order chi connectivity index (χ0) is 19.4. The van der Waals surface area contributed by atoms with E-state index in [4.69, 9.17) is 15.2 Å². The van der Waals surface area contributed by atoms with Gasteiger partial charge in [0.15, 0.2) is 11.5 Å². The summed E-state index contributed by atoms with van der Waals surface area (Å²) in [5.74, 6) is 1.29. The molecule has 2 heterocycles. The highest BCUT2D eigenvalue weighted by molar-refractivity contribution is 7.15. The monoisotopic (exact) mass is 389 g/mol. The summed E-state index contributed by atoms with van der Waals surface area (Å²) in [5.41, 5.74) is 6.99. The van der Waals surface area contributed by atoms with Crippen LogP contribution in [0.3, 0.4) is 0 Å². The van der Waals surface area contributed by atoms with E-state index in [0.29, 0.717) is 31.2 Å². The molecule has 0 radical (unpaired) electrons. The number of benzene rings is 1. The van der Waals surface area contributed by atoms with Crippen molar-refractivity contribution in [3.63, 3.8) is 0 Å². The molecule has 144 valence electrons. The Hall–Kier alpha value is -2.74. The lowest BCUT2D eigenvalue weighted by molar-refractivity contribution is -0.131. The Morgan fingerprint density at radius 3 is 2.85 bits per heavy atom. The number of hydrogen-bond donors (Lipinski definition) is 2. The highest BCUT2D eigenvalue weighted by atomic mass is 32.1. The van der Waals surface area contributed by atoms with Gasteiger partial charge in [-0.15, -0.1) is 11.3 Å². The number of nitrogens with two attached hydrogens (primary N) is 1. The molecule has 3 N–H and O–H groups in total. The predicted octanol–water partition coefficient (Wildman–Crippen LogP) is 2.51. The summed E-state index contributed by atoms with van der Waals surface area (Å²) >= 11 is 1.71. The first-order chi connectivity index (χ1) is 13.0. The molecule has 0 atom stereocenters. The van der Waals surface area contributed by atoms with Gasteiger partial charge in [-0.25, -0.2) is 4.79 Å². The number of carbonyl (C=O) groups is 2. The lowest BCUT2D eigenvalue weighted by Gasteiger charge is -2.20. The molecule has 2 aromatic rings. The average molecular weight is 389 g/mol. The number of rotatable bonds is 5. The number of aryl methyl sites for hydroxylation is 1. The molecule has 0 bridgehead atoms. The highest BCUT2D eigenvalue weighted by Crippen LogP contribution is 2.40. The van der Waals surface area contributed by atoms with Gasteiger partial charge in [0, 0.05) is 34.8 Å². The van der Waals surface area contributed by atoms with Crippen molar-refractivity contribution in [3.05, 3.63) is 34.7 Å². The van der Waals surface area contributed by atoms with Crippen LogP contribution in [0.1, 0.15) is 16.9 Å². The summed E-state index contributed by atoms with van der Waals surface area (Å²) in [4.78, 5) is 27.4. The lowest BCUT2D eigenvalue weighted by atomic mass is 10.1. The normalized spacial score (nSPS) is 13.3. The van der Waals surface area contributed by atoms with E-state index < -0.39 is 6.03 Å². The molecule has 0 unspecified atom stereocenters. The third-order valence-electron chi connectivity index (χ3n) is 4.34. The number of hydrogen-bond acceptors (Lipinski definition) is 5. The Bertz CT molecular complexity index is 849. The number of thiophene rings is 1. The topological polar surface area (TPSA) is 93.9 Å². The molecule has 3 amide bonds. The minimum atomic E-state index is -0.632. The van der Waals surface area contributed by atoms with Gasteiger partial charge < -0.3 is 25.4 Å². The highest BCUT2D eigenvalue weighted by Gasteiger charge is 2.23. The fraction of sp³-hybridized carbons (Fsp3) is 0.368. The molecule has 1 aromatic heterocycles. The number of urea groups is 1. The maximum Gasteiger partial charge on any atom is 0.312 e. The molecule has 1 aromatic carbocycles. The van der Waals surface area contributed by atoms with Crippen molar-refractivity contribution in [3.8, 4) is 21.9 Å². The van der Waals surface area contributed by atoms with Crippen molar-refractivity contribution in [1.29, 1.82) is 0 Å². The van der Waals surface area contributed by atoms with Crippen molar-refractivity contribution in [2.24, 2.45) is 5.73 Å². The van der Waals surface area contributed by atoms with E-state index in [9.17, 15) is 9.59 Å². The van der Waals surface area contributed by atoms with E-state index in [1.165, 1.54) is 4.88 Å². The predicted molar refractivity (Wildman–Crippen MR) is 104 cm³/mol. The zero-order valence-electron chi connectivity index (χ0n) is 15.4. The molecule has 8 heteroatoms. The third kappa shape index (κ3) is 4.51. The number of fused-ring (bicyclic) bond motifs is 1. The van der Waals surface area contributed by atoms with Crippen LogP contribution >= 0.6 is 11.3 Å². The SMILES string of the molecule is COc1cc(-c2ccc(C)s2)cc2c1OCCN(C(=O)CCNC(N)=O)C2. The molecule has 0 fully saturated rings. The van der Waals surface area contributed by atoms with Crippen molar-refractivity contribution >= 4 is 23.3 Å². The minimum absolute atomic E-state index is 0.0588. The van der Waals surface area contributed by atoms with E-state index in [1.54, 1.807) is 23.3 Å². The first-order valence-corrected chi connectivity index (χ1v) is 9.51. The van der Waals surface area contributed by atoms with E-state index in [0.717, 1.165) is 16.0 Å². The molecule has 3 rings (SSSR count). The molecule has 0 spiro atoms. The van der Waals surface area contributed by atoms with Gasteiger partial charge in [-0.05, 0) is 36.8 Å². The molecule has 1 aliphatic heterocycles. The van der Waals surface area contributed by atoms with Gasteiger partial charge in [-0.3, -0.25) is 4.79 Å². The van der Waals surface area contributed by atoms with Crippen LogP contribution in [0.25, 0.3) is 10.4 Å². The molecule has 0 saturated carbocycles. The van der Waals surface area contributed by atoms with Crippen LogP contribution in [-0.4, -0.2) is 43.6 Å². The first kappa shape index (κ1) is 19.0. The summed E-state index contributed by atoms with van der Waals surface area (Å²) in [6.45, 7) is 3.57. The van der Waals surface area contributed by atoms with Gasteiger partial charge >= 0.3 is 6.03 Å². The number of nitrogens with one attached hydrogen (secondary N) is 1. The maximum absolute atomic E-state index is 12.5. The molecule has 0 aliphatic carbocycles. The first-order valence-electron chi connectivity index (χ1n) is 8.69. The van der Waals surface area contributed by atoms with Crippen LogP contribution in [0, 0.1) is 6.92 Å². The molecule has 1 aliphatic rings. The molecule has 7 nitrogen and oxygen atoms in total. The van der Waals surface area contributed by atoms with Crippen molar-refractivity contribution in [1.82, 2.24) is 10.2 Å². The van der Waals surface area contributed by atoms with Crippen LogP contribution in [0.4, 0.5) is 4.79 Å². The van der Waals surface area contributed by atoms with E-state index in [2.05, 4.69) is 30.4 Å². The maximum atomic E-state index is 12.5. The van der Waals surface area contributed by atoms with Gasteiger partial charge in [-0.1, -0.05) is 0 Å². The third-order valence-corrected chi connectivity index (χ3v) is 5.39. The zero-order valence-corrected chi connectivity index (χ0v) is 16.2. The minimum Gasteiger partial charge on any atom is -0.493 e. The fourth-order valence-electron chi connectivity index (χ4n) is 3.03. The summed E-state index contributed by atoms with van der Waals surface area (Å²) in [5, 5.41) is 2.44. The Morgan fingerprint density at radius 2 is 2.19 bits per heavy atom. The van der Waals surface area contributed by atoms with Crippen LogP contribution in [0.2, 0.25) is 0 Å². The number of ether oxygens (including phenoxy) is 2. The summed E-state index contributed by atoms with van der Waals surface area (Å²) < 4.78 is 11.4. The van der Waals surface area contributed by atoms with Crippen molar-refractivity contribution in [2.75, 3.05) is 26.8 Å². The second-order valence-corrected chi connectivity index (χ2v) is 7.57. The van der Waals surface area contributed by atoms with E-state index in [1.807, 2.05) is 6.07 Å². The quantitative estimate of drug-likeness (QED) is 0.822.